The Kier molecular flexibility index (Phi) is 3.16. The van der Waals surface area contributed by atoms with E-state index in [1.54, 1.807) is 11.3 Å². The van der Waals surface area contributed by atoms with Crippen LogP contribution >= 0.6 is 22.9 Å². The molecule has 1 aliphatic rings. The molecule has 0 bridgehead atoms. The third kappa shape index (κ3) is 2.55. The molecule has 1 saturated carbocycles. The Labute approximate surface area is 122 Å². The lowest BCUT2D eigenvalue weighted by molar-refractivity contribution is 0.0813. The van der Waals surface area contributed by atoms with Gasteiger partial charge in [-0.1, -0.05) is 29.8 Å². The molecule has 2 aromatic rings. The average Bonchev–Trinajstić information content (AvgIpc) is 3.08. The Hall–Kier alpha value is -0.900. The zero-order chi connectivity index (χ0) is 13.6. The summed E-state index contributed by atoms with van der Waals surface area (Å²) in [6.45, 7) is 3.64. The van der Waals surface area contributed by atoms with Gasteiger partial charge in [0.1, 0.15) is 5.01 Å². The number of aromatic nitrogens is 1. The van der Waals surface area contributed by atoms with Gasteiger partial charge in [-0.3, -0.25) is 0 Å². The third-order valence-corrected chi connectivity index (χ3v) is 5.02. The quantitative estimate of drug-likeness (QED) is 0.899. The van der Waals surface area contributed by atoms with E-state index in [1.165, 1.54) is 12.8 Å². The van der Waals surface area contributed by atoms with Crippen molar-refractivity contribution in [3.8, 4) is 10.6 Å². The summed E-state index contributed by atoms with van der Waals surface area (Å²) >= 11 is 7.79. The minimum absolute atomic E-state index is 0.522. The number of hydrogen-bond donors (Lipinski definition) is 1. The molecule has 3 rings (SSSR count). The number of thiazole rings is 1. The first kappa shape index (κ1) is 13.1. The fourth-order valence-electron chi connectivity index (χ4n) is 2.15. The van der Waals surface area contributed by atoms with E-state index in [0.717, 1.165) is 21.1 Å². The largest absolute Gasteiger partial charge is 0.385 e. The van der Waals surface area contributed by atoms with Gasteiger partial charge < -0.3 is 5.11 Å². The van der Waals surface area contributed by atoms with Crippen molar-refractivity contribution in [3.63, 3.8) is 0 Å². The topological polar surface area (TPSA) is 33.1 Å². The molecule has 1 aliphatic carbocycles. The summed E-state index contributed by atoms with van der Waals surface area (Å²) in [5.41, 5.74) is 1.17. The lowest BCUT2D eigenvalue weighted by Gasteiger charge is -2.16. The van der Waals surface area contributed by atoms with Gasteiger partial charge in [-0.15, -0.1) is 11.3 Å². The summed E-state index contributed by atoms with van der Waals surface area (Å²) in [7, 11) is 0. The lowest BCUT2D eigenvalue weighted by atomic mass is 10.0. The summed E-state index contributed by atoms with van der Waals surface area (Å²) < 4.78 is 0. The molecule has 0 radical (unpaired) electrons. The minimum atomic E-state index is -0.838. The van der Waals surface area contributed by atoms with E-state index in [2.05, 4.69) is 0 Å². The maximum atomic E-state index is 10.3. The Morgan fingerprint density at radius 2 is 2.00 bits per heavy atom. The fraction of sp³-hybridized carbons (Fsp3) is 0.400. The predicted molar refractivity (Wildman–Crippen MR) is 79.8 cm³/mol. The maximum Gasteiger partial charge on any atom is 0.125 e. The Morgan fingerprint density at radius 3 is 2.58 bits per heavy atom. The summed E-state index contributed by atoms with van der Waals surface area (Å²) in [4.78, 5) is 5.72. The van der Waals surface area contributed by atoms with Crippen molar-refractivity contribution >= 4 is 22.9 Å². The van der Waals surface area contributed by atoms with Gasteiger partial charge >= 0.3 is 0 Å². The van der Waals surface area contributed by atoms with Crippen molar-refractivity contribution in [2.45, 2.75) is 38.2 Å². The highest BCUT2D eigenvalue weighted by Crippen LogP contribution is 2.47. The first-order valence-electron chi connectivity index (χ1n) is 6.45. The van der Waals surface area contributed by atoms with Gasteiger partial charge in [0.25, 0.3) is 0 Å². The van der Waals surface area contributed by atoms with E-state index in [4.69, 9.17) is 16.6 Å². The molecule has 0 amide bonds. The van der Waals surface area contributed by atoms with Gasteiger partial charge in [-0.25, -0.2) is 4.98 Å². The van der Waals surface area contributed by atoms with Crippen molar-refractivity contribution in [2.75, 3.05) is 0 Å². The highest BCUT2D eigenvalue weighted by atomic mass is 35.5. The normalized spacial score (nSPS) is 15.8. The molecule has 4 heteroatoms. The monoisotopic (exact) mass is 293 g/mol. The van der Waals surface area contributed by atoms with E-state index in [0.29, 0.717) is 10.9 Å². The van der Waals surface area contributed by atoms with Gasteiger partial charge in [0.2, 0.25) is 0 Å². The third-order valence-electron chi connectivity index (χ3n) is 3.28. The number of rotatable bonds is 3. The van der Waals surface area contributed by atoms with Crippen LogP contribution in [0.2, 0.25) is 5.02 Å². The maximum absolute atomic E-state index is 10.3. The predicted octanol–water partition coefficient (Wildman–Crippen LogP) is 4.57. The van der Waals surface area contributed by atoms with Gasteiger partial charge in [-0.05, 0) is 32.8 Å². The molecule has 1 fully saturated rings. The van der Waals surface area contributed by atoms with E-state index < -0.39 is 5.60 Å². The summed E-state index contributed by atoms with van der Waals surface area (Å²) in [6, 6.07) is 7.73. The van der Waals surface area contributed by atoms with Crippen molar-refractivity contribution < 1.29 is 5.11 Å². The van der Waals surface area contributed by atoms with Crippen LogP contribution in [-0.2, 0) is 5.60 Å². The first-order valence-corrected chi connectivity index (χ1v) is 7.65. The van der Waals surface area contributed by atoms with Crippen LogP contribution in [0, 0.1) is 0 Å². The second-order valence-electron chi connectivity index (χ2n) is 5.55. The number of hydrogen-bond acceptors (Lipinski definition) is 3. The molecule has 0 atom stereocenters. The standard InChI is InChI=1S/C15H16ClNOS/c1-15(2,18)13-12(9-7-8-9)17-14(19-13)10-5-3-4-6-11(10)16/h3-6,9,18H,7-8H2,1-2H3. The van der Waals surface area contributed by atoms with Crippen LogP contribution in [0.5, 0.6) is 0 Å². The second-order valence-corrected chi connectivity index (χ2v) is 6.95. The van der Waals surface area contributed by atoms with Crippen LogP contribution in [0.1, 0.15) is 43.2 Å². The first-order chi connectivity index (χ1) is 8.97. The molecule has 2 nitrogen and oxygen atoms in total. The lowest BCUT2D eigenvalue weighted by Crippen LogP contribution is -2.15. The van der Waals surface area contributed by atoms with Crippen molar-refractivity contribution in [1.82, 2.24) is 4.98 Å². The van der Waals surface area contributed by atoms with Crippen LogP contribution < -0.4 is 0 Å². The van der Waals surface area contributed by atoms with Crippen LogP contribution in [0.15, 0.2) is 24.3 Å². The molecule has 0 saturated heterocycles. The highest BCUT2D eigenvalue weighted by molar-refractivity contribution is 7.15. The summed E-state index contributed by atoms with van der Waals surface area (Å²) in [5, 5.41) is 11.9. The zero-order valence-electron chi connectivity index (χ0n) is 11.0. The van der Waals surface area contributed by atoms with E-state index in [9.17, 15) is 5.11 Å². The Balaban J connectivity index is 2.11. The smallest absolute Gasteiger partial charge is 0.125 e. The number of aliphatic hydroxyl groups is 1. The fourth-order valence-corrected chi connectivity index (χ4v) is 3.63. The van der Waals surface area contributed by atoms with E-state index >= 15 is 0 Å². The second kappa shape index (κ2) is 4.58. The SMILES string of the molecule is CC(C)(O)c1sc(-c2ccccc2Cl)nc1C1CC1. The van der Waals surface area contributed by atoms with Crippen LogP contribution in [0.4, 0.5) is 0 Å². The van der Waals surface area contributed by atoms with Gasteiger partial charge in [0.05, 0.1) is 21.2 Å². The number of halogens is 1. The molecular weight excluding hydrogens is 278 g/mol. The zero-order valence-corrected chi connectivity index (χ0v) is 12.6. The van der Waals surface area contributed by atoms with E-state index in [-0.39, 0.29) is 0 Å². The molecule has 1 aromatic heterocycles. The molecule has 1 heterocycles. The molecule has 0 spiro atoms. The van der Waals surface area contributed by atoms with Gasteiger partial charge in [-0.2, -0.15) is 0 Å². The van der Waals surface area contributed by atoms with Crippen molar-refractivity contribution in [3.05, 3.63) is 39.9 Å². The van der Waals surface area contributed by atoms with E-state index in [1.807, 2.05) is 38.1 Å². The Bertz CT molecular complexity index is 611. The molecule has 0 aliphatic heterocycles. The van der Waals surface area contributed by atoms with Crippen LogP contribution in [0.25, 0.3) is 10.6 Å². The van der Waals surface area contributed by atoms with Gasteiger partial charge in [0, 0.05) is 11.5 Å². The number of benzene rings is 1. The molecule has 0 unspecified atom stereocenters. The number of nitrogens with zero attached hydrogens (tertiary/aromatic N) is 1. The van der Waals surface area contributed by atoms with Crippen LogP contribution in [-0.4, -0.2) is 10.1 Å². The van der Waals surface area contributed by atoms with Gasteiger partial charge in [0.15, 0.2) is 0 Å². The molecule has 1 aromatic carbocycles. The average molecular weight is 294 g/mol. The van der Waals surface area contributed by atoms with Crippen LogP contribution in [0.3, 0.4) is 0 Å². The summed E-state index contributed by atoms with van der Waals surface area (Å²) in [6.07, 6.45) is 2.35. The summed E-state index contributed by atoms with van der Waals surface area (Å²) in [5.74, 6) is 0.522. The molecule has 19 heavy (non-hydrogen) atoms. The highest BCUT2D eigenvalue weighted by Gasteiger charge is 2.34. The molecule has 100 valence electrons. The molecule has 1 N–H and O–H groups in total. The minimum Gasteiger partial charge on any atom is -0.385 e. The Morgan fingerprint density at radius 1 is 1.32 bits per heavy atom. The molecular formula is C15H16ClNOS. The van der Waals surface area contributed by atoms with Crippen molar-refractivity contribution in [1.29, 1.82) is 0 Å². The van der Waals surface area contributed by atoms with Crippen molar-refractivity contribution in [2.24, 2.45) is 0 Å².